The van der Waals surface area contributed by atoms with Gasteiger partial charge in [0.2, 0.25) is 0 Å². The number of carbonyl (C=O) groups excluding carboxylic acids is 1. The van der Waals surface area contributed by atoms with Gasteiger partial charge in [0.25, 0.3) is 0 Å². The Bertz CT molecular complexity index is 179. The summed E-state index contributed by atoms with van der Waals surface area (Å²) in [5.41, 5.74) is -0.490. The molecule has 1 atom stereocenters. The summed E-state index contributed by atoms with van der Waals surface area (Å²) in [5.74, 6) is 0. The molecule has 0 aromatic rings. The van der Waals surface area contributed by atoms with Crippen molar-refractivity contribution in [3.63, 3.8) is 0 Å². The van der Waals surface area contributed by atoms with Crippen LogP contribution in [0.5, 0.6) is 0 Å². The number of ether oxygens (including phenoxy) is 1. The van der Waals surface area contributed by atoms with Crippen LogP contribution in [0.1, 0.15) is 27.7 Å². The second-order valence-electron chi connectivity index (χ2n) is 3.82. The quantitative estimate of drug-likeness (QED) is 0.626. The van der Waals surface area contributed by atoms with Crippen molar-refractivity contribution in [1.29, 1.82) is 0 Å². The summed E-state index contributed by atoms with van der Waals surface area (Å²) in [6.45, 7) is 7.09. The third-order valence-corrected chi connectivity index (χ3v) is 2.56. The zero-order chi connectivity index (χ0) is 10.6. The summed E-state index contributed by atoms with van der Waals surface area (Å²) in [5, 5.41) is 8.80. The summed E-state index contributed by atoms with van der Waals surface area (Å²) in [6, 6.07) is -0.226. The number of aliphatic hydroxyl groups is 1. The van der Waals surface area contributed by atoms with Crippen LogP contribution in [0.3, 0.4) is 0 Å². The first-order valence-electron chi connectivity index (χ1n) is 4.07. The fourth-order valence-corrected chi connectivity index (χ4v) is 0.832. The van der Waals surface area contributed by atoms with Gasteiger partial charge in [0.15, 0.2) is 0 Å². The van der Waals surface area contributed by atoms with Gasteiger partial charge in [0, 0.05) is 0 Å². The van der Waals surface area contributed by atoms with Crippen LogP contribution in [-0.4, -0.2) is 32.6 Å². The van der Waals surface area contributed by atoms with Crippen LogP contribution < -0.4 is 0 Å². The minimum absolute atomic E-state index is 0.0673. The first-order valence-corrected chi connectivity index (χ1v) is 5.03. The van der Waals surface area contributed by atoms with Crippen LogP contribution in [0.25, 0.3) is 0 Å². The highest BCUT2D eigenvalue weighted by Gasteiger charge is 2.23. The third kappa shape index (κ3) is 5.30. The Morgan fingerprint density at radius 1 is 1.62 bits per heavy atom. The molecule has 0 aromatic carbocycles. The van der Waals surface area contributed by atoms with E-state index in [-0.39, 0.29) is 12.6 Å². The van der Waals surface area contributed by atoms with Gasteiger partial charge in [0.05, 0.1) is 35.5 Å². The number of rotatable bonds is 2. The Morgan fingerprint density at radius 2 is 2.08 bits per heavy atom. The average molecular weight is 301 g/mol. The van der Waals surface area contributed by atoms with Gasteiger partial charge < -0.3 is 9.84 Å². The highest BCUT2D eigenvalue weighted by atomic mass is 127. The van der Waals surface area contributed by atoms with E-state index in [4.69, 9.17) is 9.84 Å². The maximum absolute atomic E-state index is 11.3. The van der Waals surface area contributed by atoms with E-state index in [1.54, 1.807) is 27.7 Å². The molecule has 0 rings (SSSR count). The number of halogens is 1. The van der Waals surface area contributed by atoms with Crippen LogP contribution >= 0.6 is 22.9 Å². The van der Waals surface area contributed by atoms with Crippen molar-refractivity contribution in [3.8, 4) is 0 Å². The lowest BCUT2D eigenvalue weighted by Gasteiger charge is -2.25. The Kier molecular flexibility index (Phi) is 4.98. The number of nitrogens with zero attached hydrogens (tertiary/aromatic N) is 1. The van der Waals surface area contributed by atoms with E-state index in [1.807, 2.05) is 22.9 Å². The van der Waals surface area contributed by atoms with E-state index in [2.05, 4.69) is 0 Å². The van der Waals surface area contributed by atoms with Gasteiger partial charge in [-0.15, -0.1) is 0 Å². The molecule has 0 saturated heterocycles. The first kappa shape index (κ1) is 13.0. The molecule has 1 amide bonds. The van der Waals surface area contributed by atoms with Crippen LogP contribution in [0.2, 0.25) is 0 Å². The molecule has 0 saturated carbocycles. The lowest BCUT2D eigenvalue weighted by molar-refractivity contribution is 0.0360. The zero-order valence-corrected chi connectivity index (χ0v) is 10.5. The minimum atomic E-state index is -0.490. The molecule has 13 heavy (non-hydrogen) atoms. The molecule has 0 spiro atoms. The van der Waals surface area contributed by atoms with Crippen molar-refractivity contribution >= 4 is 29.0 Å². The molecule has 0 aliphatic rings. The predicted molar refractivity (Wildman–Crippen MR) is 58.6 cm³/mol. The molecule has 0 radical (unpaired) electrons. The van der Waals surface area contributed by atoms with Gasteiger partial charge in [-0.2, -0.15) is 0 Å². The fraction of sp³-hybridized carbons (Fsp3) is 0.875. The van der Waals surface area contributed by atoms with Crippen molar-refractivity contribution in [2.45, 2.75) is 39.3 Å². The molecule has 78 valence electrons. The van der Waals surface area contributed by atoms with Crippen molar-refractivity contribution in [1.82, 2.24) is 3.11 Å². The van der Waals surface area contributed by atoms with Gasteiger partial charge >= 0.3 is 6.09 Å². The summed E-state index contributed by atoms with van der Waals surface area (Å²) in [6.07, 6.45) is -0.422. The van der Waals surface area contributed by atoms with Crippen molar-refractivity contribution in [2.24, 2.45) is 0 Å². The molecule has 0 bridgehead atoms. The smallest absolute Gasteiger partial charge is 0.419 e. The van der Waals surface area contributed by atoms with E-state index >= 15 is 0 Å². The SMILES string of the molecule is C[C@@H](CO)N(I)C(=O)OC(C)(C)C. The lowest BCUT2D eigenvalue weighted by atomic mass is 10.2. The second-order valence-corrected chi connectivity index (χ2v) is 4.86. The maximum atomic E-state index is 11.3. The van der Waals surface area contributed by atoms with Gasteiger partial charge in [-0.05, 0) is 27.7 Å². The maximum Gasteiger partial charge on any atom is 0.419 e. The van der Waals surface area contributed by atoms with E-state index in [0.29, 0.717) is 0 Å². The van der Waals surface area contributed by atoms with E-state index in [9.17, 15) is 4.79 Å². The lowest BCUT2D eigenvalue weighted by Crippen LogP contribution is -2.37. The Morgan fingerprint density at radius 3 is 2.38 bits per heavy atom. The predicted octanol–water partition coefficient (Wildman–Crippen LogP) is 1.95. The zero-order valence-electron chi connectivity index (χ0n) is 8.37. The highest BCUT2D eigenvalue weighted by Crippen LogP contribution is 2.14. The normalized spacial score (nSPS) is 13.7. The molecule has 0 aromatic heterocycles. The topological polar surface area (TPSA) is 49.8 Å². The Hall–Kier alpha value is -0.0400. The second kappa shape index (κ2) is 4.99. The first-order chi connectivity index (χ1) is 5.78. The Balaban J connectivity index is 4.12. The molecule has 4 nitrogen and oxygen atoms in total. The molecular weight excluding hydrogens is 285 g/mol. The van der Waals surface area contributed by atoms with Gasteiger partial charge in [-0.1, -0.05) is 0 Å². The Labute approximate surface area is 92.7 Å². The standard InChI is InChI=1S/C8H16INO3/c1-6(5-11)10(9)7(12)13-8(2,3)4/h6,11H,5H2,1-4H3/t6-/m0/s1. The van der Waals surface area contributed by atoms with Crippen LogP contribution in [0.4, 0.5) is 4.79 Å². The molecular formula is C8H16INO3. The minimum Gasteiger partial charge on any atom is -0.443 e. The van der Waals surface area contributed by atoms with Gasteiger partial charge in [-0.25, -0.2) is 7.91 Å². The monoisotopic (exact) mass is 301 g/mol. The molecule has 0 aliphatic carbocycles. The summed E-state index contributed by atoms with van der Waals surface area (Å²) in [4.78, 5) is 11.3. The van der Waals surface area contributed by atoms with Crippen LogP contribution in [0.15, 0.2) is 0 Å². The van der Waals surface area contributed by atoms with E-state index < -0.39 is 11.7 Å². The number of hydrogen-bond donors (Lipinski definition) is 1. The molecule has 0 aliphatic heterocycles. The number of hydrogen-bond acceptors (Lipinski definition) is 3. The van der Waals surface area contributed by atoms with Gasteiger partial charge in [0.1, 0.15) is 5.60 Å². The summed E-state index contributed by atoms with van der Waals surface area (Å²) >= 11 is 1.83. The van der Waals surface area contributed by atoms with E-state index in [0.717, 1.165) is 0 Å². The largest absolute Gasteiger partial charge is 0.443 e. The van der Waals surface area contributed by atoms with E-state index in [1.165, 1.54) is 3.11 Å². The molecule has 5 heteroatoms. The van der Waals surface area contributed by atoms with Crippen molar-refractivity contribution < 1.29 is 14.6 Å². The molecule has 1 N–H and O–H groups in total. The number of amides is 1. The van der Waals surface area contributed by atoms with Crippen LogP contribution in [0, 0.1) is 0 Å². The molecule has 0 heterocycles. The molecule has 0 unspecified atom stereocenters. The highest BCUT2D eigenvalue weighted by molar-refractivity contribution is 14.1. The summed E-state index contributed by atoms with van der Waals surface area (Å²) < 4.78 is 6.44. The number of aliphatic hydroxyl groups excluding tert-OH is 1. The van der Waals surface area contributed by atoms with Crippen molar-refractivity contribution in [2.75, 3.05) is 6.61 Å². The van der Waals surface area contributed by atoms with Crippen LogP contribution in [-0.2, 0) is 4.74 Å². The third-order valence-electron chi connectivity index (χ3n) is 1.22. The fourth-order valence-electron chi connectivity index (χ4n) is 0.557. The van der Waals surface area contributed by atoms with Gasteiger partial charge in [-0.3, -0.25) is 0 Å². The average Bonchev–Trinajstić information content (AvgIpc) is 1.98. The number of carbonyl (C=O) groups is 1. The van der Waals surface area contributed by atoms with Crippen molar-refractivity contribution in [3.05, 3.63) is 0 Å². The summed E-state index contributed by atoms with van der Waals surface area (Å²) in [7, 11) is 0. The molecule has 0 fully saturated rings.